The van der Waals surface area contributed by atoms with Gasteiger partial charge in [-0.25, -0.2) is 8.42 Å². The molecule has 1 aliphatic carbocycles. The zero-order valence-corrected chi connectivity index (χ0v) is 15.7. The smallest absolute Gasteiger partial charge is 0.191 e. The van der Waals surface area contributed by atoms with Crippen LogP contribution in [0.15, 0.2) is 41.9 Å². The van der Waals surface area contributed by atoms with Gasteiger partial charge in [0.15, 0.2) is 5.96 Å². The van der Waals surface area contributed by atoms with Gasteiger partial charge in [-0.05, 0) is 18.9 Å². The van der Waals surface area contributed by atoms with Gasteiger partial charge in [0.05, 0.1) is 5.75 Å². The van der Waals surface area contributed by atoms with Crippen LogP contribution >= 0.6 is 0 Å². The quantitative estimate of drug-likeness (QED) is 0.396. The summed E-state index contributed by atoms with van der Waals surface area (Å²) in [6, 6.07) is 7.79. The molecule has 2 N–H and O–H groups in total. The topological polar surface area (TPSA) is 79.8 Å². The molecule has 1 aromatic carbocycles. The normalized spacial score (nSPS) is 16.2. The van der Waals surface area contributed by atoms with Gasteiger partial charge < -0.3 is 15.4 Å². The van der Waals surface area contributed by atoms with E-state index in [1.165, 1.54) is 6.26 Å². The summed E-state index contributed by atoms with van der Waals surface area (Å²) >= 11 is 0. The van der Waals surface area contributed by atoms with Gasteiger partial charge >= 0.3 is 0 Å². The second kappa shape index (κ2) is 8.38. The fraction of sp³-hybridized carbons (Fsp3) is 0.500. The van der Waals surface area contributed by atoms with Crippen molar-refractivity contribution in [1.82, 2.24) is 10.6 Å². The number of nitrogens with one attached hydrogen (secondary N) is 2. The maximum atomic E-state index is 11.5. The van der Waals surface area contributed by atoms with E-state index in [4.69, 9.17) is 4.74 Å². The molecule has 0 aliphatic heterocycles. The molecule has 1 fully saturated rings. The van der Waals surface area contributed by atoms with Crippen LogP contribution in [0.3, 0.4) is 0 Å². The lowest BCUT2D eigenvalue weighted by Crippen LogP contribution is -2.41. The van der Waals surface area contributed by atoms with Crippen LogP contribution in [0, 0.1) is 5.41 Å². The number of hydrogen-bond donors (Lipinski definition) is 2. The van der Waals surface area contributed by atoms with Crippen LogP contribution in [0.4, 0.5) is 0 Å². The van der Waals surface area contributed by atoms with Gasteiger partial charge in [-0.3, -0.25) is 4.99 Å². The highest BCUT2D eigenvalue weighted by Crippen LogP contribution is 2.45. The molecule has 1 aromatic rings. The van der Waals surface area contributed by atoms with Gasteiger partial charge in [-0.15, -0.1) is 0 Å². The van der Waals surface area contributed by atoms with Crippen molar-refractivity contribution in [1.29, 1.82) is 0 Å². The Morgan fingerprint density at radius 3 is 2.68 bits per heavy atom. The summed E-state index contributed by atoms with van der Waals surface area (Å²) < 4.78 is 28.7. The molecule has 0 aromatic heterocycles. The van der Waals surface area contributed by atoms with Crippen molar-refractivity contribution in [3.63, 3.8) is 0 Å². The van der Waals surface area contributed by atoms with Gasteiger partial charge in [-0.2, -0.15) is 0 Å². The Hall–Kier alpha value is -2.02. The Morgan fingerprint density at radius 1 is 1.36 bits per heavy atom. The summed E-state index contributed by atoms with van der Waals surface area (Å²) in [7, 11) is -1.27. The molecule has 0 unspecified atom stereocenters. The first kappa shape index (κ1) is 19.3. The van der Waals surface area contributed by atoms with Crippen LogP contribution in [0.25, 0.3) is 0 Å². The third-order valence-electron chi connectivity index (χ3n) is 4.16. The first-order chi connectivity index (χ1) is 11.9. The van der Waals surface area contributed by atoms with Gasteiger partial charge in [0.25, 0.3) is 0 Å². The number of para-hydroxylation sites is 1. The average molecular weight is 365 g/mol. The molecule has 0 radical (unpaired) electrons. The molecule has 138 valence electrons. The van der Waals surface area contributed by atoms with Gasteiger partial charge in [0, 0.05) is 37.4 Å². The van der Waals surface area contributed by atoms with E-state index in [0.29, 0.717) is 25.7 Å². The van der Waals surface area contributed by atoms with E-state index in [0.717, 1.165) is 24.2 Å². The molecule has 0 amide bonds. The van der Waals surface area contributed by atoms with E-state index < -0.39 is 9.84 Å². The molecule has 0 heterocycles. The number of rotatable bonds is 9. The minimum atomic E-state index is -2.97. The van der Waals surface area contributed by atoms with Gasteiger partial charge in [-0.1, -0.05) is 30.9 Å². The van der Waals surface area contributed by atoms with Crippen LogP contribution in [0.1, 0.15) is 18.4 Å². The van der Waals surface area contributed by atoms with Crippen molar-refractivity contribution < 1.29 is 13.2 Å². The Balaban J connectivity index is 1.88. The summed E-state index contributed by atoms with van der Waals surface area (Å²) in [5.41, 5.74) is 0.875. The van der Waals surface area contributed by atoms with Crippen molar-refractivity contribution in [2.24, 2.45) is 10.4 Å². The number of nitrogens with zero attached hydrogens (tertiary/aromatic N) is 1. The fourth-order valence-electron chi connectivity index (χ4n) is 2.72. The van der Waals surface area contributed by atoms with Gasteiger partial charge in [0.1, 0.15) is 22.2 Å². The first-order valence-electron chi connectivity index (χ1n) is 8.31. The van der Waals surface area contributed by atoms with Crippen molar-refractivity contribution in [2.75, 3.05) is 32.2 Å². The Kier molecular flexibility index (Phi) is 6.47. The van der Waals surface area contributed by atoms with Crippen LogP contribution in [0.2, 0.25) is 0 Å². The number of aliphatic imine (C=N–C) groups is 1. The molecule has 0 spiro atoms. The molecule has 1 saturated carbocycles. The van der Waals surface area contributed by atoms with Crippen LogP contribution in [0.5, 0.6) is 5.75 Å². The second-order valence-corrected chi connectivity index (χ2v) is 8.70. The maximum absolute atomic E-state index is 11.5. The summed E-state index contributed by atoms with van der Waals surface area (Å²) in [5, 5.41) is 6.49. The summed E-state index contributed by atoms with van der Waals surface area (Å²) in [6.07, 6.45) is 4.87. The van der Waals surface area contributed by atoms with Crippen molar-refractivity contribution in [2.45, 2.75) is 19.4 Å². The number of hydrogen-bond acceptors (Lipinski definition) is 4. The van der Waals surface area contributed by atoms with E-state index in [1.54, 1.807) is 13.1 Å². The standard InChI is InChI=1S/C18H27N3O3S/c1-4-11-24-16-8-6-5-7-15(16)12-20-17(19-2)21-13-18(9-10-18)14-25(3,22)23/h4-8H,1,9-14H2,2-3H3,(H2,19,20,21). The molecule has 0 bridgehead atoms. The average Bonchev–Trinajstić information content (AvgIpc) is 3.31. The molecule has 6 nitrogen and oxygen atoms in total. The minimum absolute atomic E-state index is 0.143. The lowest BCUT2D eigenvalue weighted by molar-refractivity contribution is 0.358. The Labute approximate surface area is 150 Å². The van der Waals surface area contributed by atoms with Crippen LogP contribution in [-0.2, 0) is 16.4 Å². The van der Waals surface area contributed by atoms with Crippen molar-refractivity contribution in [3.8, 4) is 5.75 Å². The van der Waals surface area contributed by atoms with E-state index >= 15 is 0 Å². The maximum Gasteiger partial charge on any atom is 0.191 e. The summed E-state index contributed by atoms with van der Waals surface area (Å²) in [4.78, 5) is 4.21. The number of benzene rings is 1. The van der Waals surface area contributed by atoms with Crippen molar-refractivity contribution in [3.05, 3.63) is 42.5 Å². The first-order valence-corrected chi connectivity index (χ1v) is 10.4. The number of sulfone groups is 1. The molecule has 0 atom stereocenters. The number of ether oxygens (including phenoxy) is 1. The zero-order valence-electron chi connectivity index (χ0n) is 14.9. The Bertz CT molecular complexity index is 725. The fourth-order valence-corrected chi connectivity index (χ4v) is 4.22. The second-order valence-electron chi connectivity index (χ2n) is 6.56. The van der Waals surface area contributed by atoms with E-state index in [-0.39, 0.29) is 11.2 Å². The number of guanidine groups is 1. The predicted molar refractivity (Wildman–Crippen MR) is 102 cm³/mol. The third-order valence-corrected chi connectivity index (χ3v) is 5.29. The molecular weight excluding hydrogens is 338 g/mol. The molecule has 25 heavy (non-hydrogen) atoms. The van der Waals surface area contributed by atoms with E-state index in [9.17, 15) is 8.42 Å². The lowest BCUT2D eigenvalue weighted by atomic mass is 10.1. The van der Waals surface area contributed by atoms with Crippen LogP contribution < -0.4 is 15.4 Å². The Morgan fingerprint density at radius 2 is 2.08 bits per heavy atom. The monoisotopic (exact) mass is 365 g/mol. The van der Waals surface area contributed by atoms with Gasteiger partial charge in [0.2, 0.25) is 0 Å². The van der Waals surface area contributed by atoms with E-state index in [2.05, 4.69) is 22.2 Å². The molecule has 1 aliphatic rings. The molecule has 0 saturated heterocycles. The molecule has 2 rings (SSSR count). The largest absolute Gasteiger partial charge is 0.489 e. The SMILES string of the molecule is C=CCOc1ccccc1CNC(=NC)NCC1(CS(C)(=O)=O)CC1. The molecule has 7 heteroatoms. The highest BCUT2D eigenvalue weighted by Gasteiger charge is 2.45. The summed E-state index contributed by atoms with van der Waals surface area (Å²) in [6.45, 7) is 5.28. The highest BCUT2D eigenvalue weighted by atomic mass is 32.2. The minimum Gasteiger partial charge on any atom is -0.489 e. The lowest BCUT2D eigenvalue weighted by Gasteiger charge is -2.18. The summed E-state index contributed by atoms with van der Waals surface area (Å²) in [5.74, 6) is 1.68. The zero-order chi connectivity index (χ0) is 18.3. The van der Waals surface area contributed by atoms with Crippen LogP contribution in [-0.4, -0.2) is 46.6 Å². The highest BCUT2D eigenvalue weighted by molar-refractivity contribution is 7.90. The van der Waals surface area contributed by atoms with E-state index in [1.807, 2.05) is 24.3 Å². The van der Waals surface area contributed by atoms with Crippen molar-refractivity contribution >= 4 is 15.8 Å². The molecular formula is C18H27N3O3S. The predicted octanol–water partition coefficient (Wildman–Crippen LogP) is 1.74. The third kappa shape index (κ3) is 6.42.